The molecule has 1 heterocycles. The van der Waals surface area contributed by atoms with E-state index in [1.165, 1.54) is 37.9 Å². The van der Waals surface area contributed by atoms with Crippen molar-refractivity contribution in [2.24, 2.45) is 4.99 Å². The van der Waals surface area contributed by atoms with Crippen LogP contribution in [0.2, 0.25) is 0 Å². The van der Waals surface area contributed by atoms with Gasteiger partial charge in [-0.3, -0.25) is 9.79 Å². The van der Waals surface area contributed by atoms with Crippen LogP contribution in [0.25, 0.3) is 0 Å². The molecule has 1 saturated heterocycles. The Morgan fingerprint density at radius 3 is 2.52 bits per heavy atom. The normalized spacial score (nSPS) is 15.6. The first-order valence-corrected chi connectivity index (χ1v) is 9.25. The van der Waals surface area contributed by atoms with Gasteiger partial charge in [0.1, 0.15) is 0 Å². The average molecular weight is 345 g/mol. The Kier molecular flexibility index (Phi) is 8.83. The maximum Gasteiger partial charge on any atom is 0.239 e. The number of benzene rings is 1. The van der Waals surface area contributed by atoms with E-state index < -0.39 is 0 Å². The summed E-state index contributed by atoms with van der Waals surface area (Å²) >= 11 is 0. The van der Waals surface area contributed by atoms with Gasteiger partial charge in [0.05, 0.1) is 6.54 Å². The van der Waals surface area contributed by atoms with Crippen molar-refractivity contribution in [2.75, 3.05) is 46.3 Å². The highest BCUT2D eigenvalue weighted by atomic mass is 16.1. The minimum atomic E-state index is -0.0186. The molecule has 0 aromatic heterocycles. The van der Waals surface area contributed by atoms with E-state index in [4.69, 9.17) is 0 Å². The molecule has 0 saturated carbocycles. The van der Waals surface area contributed by atoms with Crippen LogP contribution in [0.15, 0.2) is 35.3 Å². The van der Waals surface area contributed by atoms with Crippen LogP contribution in [-0.4, -0.2) is 63.1 Å². The maximum atomic E-state index is 11.9. The maximum absolute atomic E-state index is 11.9. The molecule has 138 valence electrons. The smallest absolute Gasteiger partial charge is 0.239 e. The Morgan fingerprint density at radius 1 is 1.04 bits per heavy atom. The van der Waals surface area contributed by atoms with Crippen LogP contribution in [0.1, 0.15) is 24.8 Å². The second-order valence-corrected chi connectivity index (χ2v) is 6.34. The first kappa shape index (κ1) is 19.2. The number of carbonyl (C=O) groups excluding carboxylic acids is 1. The van der Waals surface area contributed by atoms with Crippen molar-refractivity contribution in [1.82, 2.24) is 20.9 Å². The van der Waals surface area contributed by atoms with Gasteiger partial charge in [-0.2, -0.15) is 0 Å². The zero-order valence-electron chi connectivity index (χ0n) is 15.3. The molecule has 1 fully saturated rings. The summed E-state index contributed by atoms with van der Waals surface area (Å²) < 4.78 is 0. The van der Waals surface area contributed by atoms with E-state index in [2.05, 4.69) is 38.0 Å². The molecule has 1 aromatic carbocycles. The van der Waals surface area contributed by atoms with Gasteiger partial charge in [-0.25, -0.2) is 0 Å². The van der Waals surface area contributed by atoms with Gasteiger partial charge >= 0.3 is 0 Å². The average Bonchev–Trinajstić information content (AvgIpc) is 2.66. The minimum absolute atomic E-state index is 0.0186. The quantitative estimate of drug-likeness (QED) is 0.486. The van der Waals surface area contributed by atoms with Gasteiger partial charge in [-0.05, 0) is 37.9 Å². The highest BCUT2D eigenvalue weighted by Gasteiger charge is 2.09. The zero-order valence-corrected chi connectivity index (χ0v) is 15.3. The molecular weight excluding hydrogens is 314 g/mol. The van der Waals surface area contributed by atoms with Crippen molar-refractivity contribution in [1.29, 1.82) is 0 Å². The van der Waals surface area contributed by atoms with Gasteiger partial charge in [0.2, 0.25) is 5.91 Å². The Balaban J connectivity index is 1.55. The minimum Gasteiger partial charge on any atom is -0.355 e. The molecule has 6 nitrogen and oxygen atoms in total. The third-order valence-electron chi connectivity index (χ3n) is 4.39. The van der Waals surface area contributed by atoms with Gasteiger partial charge < -0.3 is 20.9 Å². The standard InChI is InChI=1S/C19H31N5O/c1-20-19(22-12-15-24-13-6-3-7-14-24)23-16-18(25)21-11-10-17-8-4-2-5-9-17/h2,4-5,8-9H,3,6-7,10-16H2,1H3,(H,21,25)(H2,20,22,23). The molecule has 0 radical (unpaired) electrons. The molecule has 0 bridgehead atoms. The Bertz CT molecular complexity index is 526. The molecule has 1 aliphatic heterocycles. The summed E-state index contributed by atoms with van der Waals surface area (Å²) in [4.78, 5) is 18.5. The van der Waals surface area contributed by atoms with E-state index in [9.17, 15) is 4.79 Å². The summed E-state index contributed by atoms with van der Waals surface area (Å²) in [6.07, 6.45) is 4.80. The molecule has 3 N–H and O–H groups in total. The number of hydrogen-bond donors (Lipinski definition) is 3. The molecule has 1 amide bonds. The first-order valence-electron chi connectivity index (χ1n) is 9.25. The number of aliphatic imine (C=N–C) groups is 1. The van der Waals surface area contributed by atoms with E-state index in [1.807, 2.05) is 18.2 Å². The second kappa shape index (κ2) is 11.5. The number of likely N-dealkylation sites (tertiary alicyclic amines) is 1. The van der Waals surface area contributed by atoms with Crippen molar-refractivity contribution in [3.8, 4) is 0 Å². The van der Waals surface area contributed by atoms with Gasteiger partial charge in [-0.1, -0.05) is 36.8 Å². The summed E-state index contributed by atoms with van der Waals surface area (Å²) in [5.41, 5.74) is 1.23. The van der Waals surface area contributed by atoms with E-state index in [1.54, 1.807) is 7.05 Å². The molecular formula is C19H31N5O. The second-order valence-electron chi connectivity index (χ2n) is 6.34. The topological polar surface area (TPSA) is 68.8 Å². The van der Waals surface area contributed by atoms with Crippen LogP contribution >= 0.6 is 0 Å². The Labute approximate surface area is 151 Å². The largest absolute Gasteiger partial charge is 0.355 e. The number of nitrogens with zero attached hydrogens (tertiary/aromatic N) is 2. The number of amides is 1. The molecule has 6 heteroatoms. The Hall–Kier alpha value is -2.08. The summed E-state index contributed by atoms with van der Waals surface area (Å²) in [5.74, 6) is 0.658. The number of rotatable bonds is 8. The predicted molar refractivity (Wildman–Crippen MR) is 103 cm³/mol. The summed E-state index contributed by atoms with van der Waals surface area (Å²) in [7, 11) is 1.73. The molecule has 2 rings (SSSR count). The molecule has 0 aliphatic carbocycles. The molecule has 0 unspecified atom stereocenters. The van der Waals surface area contributed by atoms with Crippen LogP contribution in [0.3, 0.4) is 0 Å². The predicted octanol–water partition coefficient (Wildman–Crippen LogP) is 0.996. The summed E-state index contributed by atoms with van der Waals surface area (Å²) in [6, 6.07) is 10.2. The number of guanidine groups is 1. The van der Waals surface area contributed by atoms with E-state index in [0.29, 0.717) is 12.5 Å². The lowest BCUT2D eigenvalue weighted by Crippen LogP contribution is -2.46. The van der Waals surface area contributed by atoms with Crippen LogP contribution in [0.4, 0.5) is 0 Å². The van der Waals surface area contributed by atoms with Gasteiger partial charge in [0, 0.05) is 26.7 Å². The fraction of sp³-hybridized carbons (Fsp3) is 0.579. The summed E-state index contributed by atoms with van der Waals surface area (Å²) in [6.45, 7) is 5.12. The van der Waals surface area contributed by atoms with Crippen molar-refractivity contribution < 1.29 is 4.79 Å². The number of piperidine rings is 1. The lowest BCUT2D eigenvalue weighted by molar-refractivity contribution is -0.119. The van der Waals surface area contributed by atoms with Crippen molar-refractivity contribution in [2.45, 2.75) is 25.7 Å². The fourth-order valence-corrected chi connectivity index (χ4v) is 2.95. The first-order chi connectivity index (χ1) is 12.3. The van der Waals surface area contributed by atoms with Gasteiger partial charge in [-0.15, -0.1) is 0 Å². The number of carbonyl (C=O) groups is 1. The third-order valence-corrected chi connectivity index (χ3v) is 4.39. The van der Waals surface area contributed by atoms with E-state index in [-0.39, 0.29) is 12.5 Å². The molecule has 1 aliphatic rings. The lowest BCUT2D eigenvalue weighted by Gasteiger charge is -2.26. The SMILES string of the molecule is CN=C(NCCN1CCCCC1)NCC(=O)NCCc1ccccc1. The number of nitrogens with one attached hydrogen (secondary N) is 3. The summed E-state index contributed by atoms with van der Waals surface area (Å²) in [5, 5.41) is 9.26. The van der Waals surface area contributed by atoms with Crippen molar-refractivity contribution >= 4 is 11.9 Å². The third kappa shape index (κ3) is 8.03. The van der Waals surface area contributed by atoms with Crippen molar-refractivity contribution in [3.63, 3.8) is 0 Å². The van der Waals surface area contributed by atoms with Gasteiger partial charge in [0.25, 0.3) is 0 Å². The molecule has 0 spiro atoms. The monoisotopic (exact) mass is 345 g/mol. The highest BCUT2D eigenvalue weighted by molar-refractivity contribution is 5.86. The highest BCUT2D eigenvalue weighted by Crippen LogP contribution is 2.07. The molecule has 25 heavy (non-hydrogen) atoms. The zero-order chi connectivity index (χ0) is 17.7. The van der Waals surface area contributed by atoms with Crippen molar-refractivity contribution in [3.05, 3.63) is 35.9 Å². The Morgan fingerprint density at radius 2 is 1.80 bits per heavy atom. The lowest BCUT2D eigenvalue weighted by atomic mass is 10.1. The number of hydrogen-bond acceptors (Lipinski definition) is 3. The fourth-order valence-electron chi connectivity index (χ4n) is 2.95. The van der Waals surface area contributed by atoms with Crippen LogP contribution in [-0.2, 0) is 11.2 Å². The van der Waals surface area contributed by atoms with E-state index in [0.717, 1.165) is 19.5 Å². The van der Waals surface area contributed by atoms with Gasteiger partial charge in [0.15, 0.2) is 5.96 Å². The van der Waals surface area contributed by atoms with Crippen LogP contribution in [0.5, 0.6) is 0 Å². The van der Waals surface area contributed by atoms with Crippen LogP contribution < -0.4 is 16.0 Å². The molecule has 0 atom stereocenters. The van der Waals surface area contributed by atoms with Crippen LogP contribution in [0, 0.1) is 0 Å². The molecule has 1 aromatic rings. The van der Waals surface area contributed by atoms with E-state index >= 15 is 0 Å².